The van der Waals surface area contributed by atoms with Gasteiger partial charge in [0.25, 0.3) is 0 Å². The van der Waals surface area contributed by atoms with Gasteiger partial charge in [0, 0.05) is 18.2 Å². The lowest BCUT2D eigenvalue weighted by molar-refractivity contribution is -0.140. The highest BCUT2D eigenvalue weighted by molar-refractivity contribution is 5.88. The van der Waals surface area contributed by atoms with Crippen LogP contribution in [0.1, 0.15) is 50.2 Å². The van der Waals surface area contributed by atoms with E-state index >= 15 is 0 Å². The lowest BCUT2D eigenvalue weighted by Gasteiger charge is -2.31. The molecule has 0 radical (unpaired) electrons. The van der Waals surface area contributed by atoms with Crippen LogP contribution in [0.3, 0.4) is 0 Å². The normalized spacial score (nSPS) is 15.5. The maximum Gasteiger partial charge on any atom is 0.242 e. The molecule has 1 saturated carbocycles. The smallest absolute Gasteiger partial charge is 0.242 e. The third kappa shape index (κ3) is 5.89. The number of carbonyl (C=O) groups is 2. The molecule has 1 aliphatic rings. The van der Waals surface area contributed by atoms with Gasteiger partial charge in [0.05, 0.1) is 6.42 Å². The van der Waals surface area contributed by atoms with Gasteiger partial charge in [-0.05, 0) is 31.4 Å². The van der Waals surface area contributed by atoms with Crippen molar-refractivity contribution >= 4 is 11.8 Å². The summed E-state index contributed by atoms with van der Waals surface area (Å²) >= 11 is 0. The van der Waals surface area contributed by atoms with E-state index in [0.717, 1.165) is 31.2 Å². The number of rotatable bonds is 7. The molecule has 154 valence electrons. The molecule has 0 heterocycles. The summed E-state index contributed by atoms with van der Waals surface area (Å²) in [7, 11) is 0. The second kappa shape index (κ2) is 10.2. The van der Waals surface area contributed by atoms with Crippen LogP contribution in [0.5, 0.6) is 0 Å². The van der Waals surface area contributed by atoms with Gasteiger partial charge in [-0.25, -0.2) is 4.39 Å². The standard InChI is InChI=1S/C24H29FN2O2/c1-18(24(29)26-21-13-6-3-7-14-21)27(17-20-12-8-9-15-22(20)25)23(28)16-19-10-4-2-5-11-19/h2,4-5,8-12,15,18,21H,3,6-7,13-14,16-17H2,1H3,(H,26,29)/t18-/m0/s1. The molecule has 0 saturated heterocycles. The van der Waals surface area contributed by atoms with Gasteiger partial charge in [-0.15, -0.1) is 0 Å². The Morgan fingerprint density at radius 1 is 1.03 bits per heavy atom. The highest BCUT2D eigenvalue weighted by Crippen LogP contribution is 2.19. The van der Waals surface area contributed by atoms with E-state index in [1.807, 2.05) is 30.3 Å². The van der Waals surface area contributed by atoms with E-state index in [-0.39, 0.29) is 36.6 Å². The van der Waals surface area contributed by atoms with Crippen molar-refractivity contribution in [2.45, 2.75) is 64.1 Å². The Labute approximate surface area is 172 Å². The van der Waals surface area contributed by atoms with Crippen molar-refractivity contribution < 1.29 is 14.0 Å². The van der Waals surface area contributed by atoms with Gasteiger partial charge in [0.1, 0.15) is 11.9 Å². The summed E-state index contributed by atoms with van der Waals surface area (Å²) in [4.78, 5) is 27.5. The molecule has 4 nitrogen and oxygen atoms in total. The minimum absolute atomic E-state index is 0.0671. The lowest BCUT2D eigenvalue weighted by Crippen LogP contribution is -2.50. The fourth-order valence-electron chi connectivity index (χ4n) is 3.83. The number of benzene rings is 2. The van der Waals surface area contributed by atoms with Gasteiger partial charge in [-0.2, -0.15) is 0 Å². The number of nitrogens with zero attached hydrogens (tertiary/aromatic N) is 1. The zero-order valence-electron chi connectivity index (χ0n) is 16.9. The monoisotopic (exact) mass is 396 g/mol. The molecule has 3 rings (SSSR count). The van der Waals surface area contributed by atoms with Gasteiger partial charge < -0.3 is 10.2 Å². The fourth-order valence-corrected chi connectivity index (χ4v) is 3.83. The predicted octanol–water partition coefficient (Wildman–Crippen LogP) is 4.23. The van der Waals surface area contributed by atoms with E-state index in [2.05, 4.69) is 5.32 Å². The molecule has 2 aromatic carbocycles. The number of halogens is 1. The van der Waals surface area contributed by atoms with Crippen LogP contribution in [0.15, 0.2) is 54.6 Å². The average molecular weight is 397 g/mol. The maximum absolute atomic E-state index is 14.2. The van der Waals surface area contributed by atoms with Crippen molar-refractivity contribution in [1.82, 2.24) is 10.2 Å². The van der Waals surface area contributed by atoms with E-state index < -0.39 is 6.04 Å². The molecule has 0 spiro atoms. The summed E-state index contributed by atoms with van der Waals surface area (Å²) in [5.74, 6) is -0.731. The van der Waals surface area contributed by atoms with Gasteiger partial charge >= 0.3 is 0 Å². The first-order chi connectivity index (χ1) is 14.0. The molecule has 0 aliphatic heterocycles. The Balaban J connectivity index is 1.76. The summed E-state index contributed by atoms with van der Waals surface area (Å²) in [6.45, 7) is 1.79. The molecule has 1 atom stereocenters. The zero-order valence-corrected chi connectivity index (χ0v) is 16.9. The van der Waals surface area contributed by atoms with E-state index in [1.54, 1.807) is 25.1 Å². The second-order valence-corrected chi connectivity index (χ2v) is 7.79. The Kier molecular flexibility index (Phi) is 7.39. The Bertz CT molecular complexity index is 819. The molecular weight excluding hydrogens is 367 g/mol. The minimum atomic E-state index is -0.673. The molecule has 0 aromatic heterocycles. The van der Waals surface area contributed by atoms with Crippen LogP contribution in [-0.2, 0) is 22.6 Å². The molecule has 2 aromatic rings. The molecule has 29 heavy (non-hydrogen) atoms. The molecular formula is C24H29FN2O2. The average Bonchev–Trinajstić information content (AvgIpc) is 2.74. The Hall–Kier alpha value is -2.69. The summed E-state index contributed by atoms with van der Waals surface area (Å²) in [5, 5.41) is 3.09. The third-order valence-corrected chi connectivity index (χ3v) is 5.62. The van der Waals surface area contributed by atoms with Crippen LogP contribution in [0.4, 0.5) is 4.39 Å². The Morgan fingerprint density at radius 2 is 1.69 bits per heavy atom. The van der Waals surface area contributed by atoms with Crippen molar-refractivity contribution in [2.75, 3.05) is 0 Å². The molecule has 1 fully saturated rings. The van der Waals surface area contributed by atoms with Crippen molar-refractivity contribution in [3.63, 3.8) is 0 Å². The van der Waals surface area contributed by atoms with E-state index in [4.69, 9.17) is 0 Å². The second-order valence-electron chi connectivity index (χ2n) is 7.79. The highest BCUT2D eigenvalue weighted by Gasteiger charge is 2.28. The van der Waals surface area contributed by atoms with Gasteiger partial charge in [-0.1, -0.05) is 67.8 Å². The highest BCUT2D eigenvalue weighted by atomic mass is 19.1. The van der Waals surface area contributed by atoms with Gasteiger partial charge in [0.15, 0.2) is 0 Å². The third-order valence-electron chi connectivity index (χ3n) is 5.62. The molecule has 1 N–H and O–H groups in total. The number of hydrogen-bond donors (Lipinski definition) is 1. The van der Waals surface area contributed by atoms with Crippen LogP contribution in [0.2, 0.25) is 0 Å². The summed E-state index contributed by atoms with van der Waals surface area (Å²) < 4.78 is 14.2. The number of carbonyl (C=O) groups excluding carboxylic acids is 2. The van der Waals surface area contributed by atoms with Crippen LogP contribution >= 0.6 is 0 Å². The molecule has 2 amide bonds. The fraction of sp³-hybridized carbons (Fsp3) is 0.417. The van der Waals surface area contributed by atoms with Crippen molar-refractivity contribution in [2.24, 2.45) is 0 Å². The number of hydrogen-bond acceptors (Lipinski definition) is 2. The van der Waals surface area contributed by atoms with Crippen LogP contribution in [0.25, 0.3) is 0 Å². The number of amides is 2. The van der Waals surface area contributed by atoms with E-state index in [0.29, 0.717) is 5.56 Å². The van der Waals surface area contributed by atoms with Crippen molar-refractivity contribution in [3.05, 3.63) is 71.5 Å². The lowest BCUT2D eigenvalue weighted by atomic mass is 9.95. The maximum atomic E-state index is 14.2. The van der Waals surface area contributed by atoms with Crippen LogP contribution < -0.4 is 5.32 Å². The van der Waals surface area contributed by atoms with Crippen LogP contribution in [-0.4, -0.2) is 28.8 Å². The van der Waals surface area contributed by atoms with Crippen molar-refractivity contribution in [3.8, 4) is 0 Å². The molecule has 5 heteroatoms. The van der Waals surface area contributed by atoms with Crippen molar-refractivity contribution in [1.29, 1.82) is 0 Å². The van der Waals surface area contributed by atoms with Gasteiger partial charge in [-0.3, -0.25) is 9.59 Å². The zero-order chi connectivity index (χ0) is 20.6. The first kappa shape index (κ1) is 21.0. The summed E-state index contributed by atoms with van der Waals surface area (Å²) in [6.07, 6.45) is 5.57. The predicted molar refractivity (Wildman–Crippen MR) is 112 cm³/mol. The van der Waals surface area contributed by atoms with Crippen LogP contribution in [0, 0.1) is 5.82 Å². The molecule has 1 aliphatic carbocycles. The SMILES string of the molecule is C[C@@H](C(=O)NC1CCCCC1)N(Cc1ccccc1F)C(=O)Cc1ccccc1. The van der Waals surface area contributed by atoms with E-state index in [1.165, 1.54) is 17.4 Å². The largest absolute Gasteiger partial charge is 0.352 e. The Morgan fingerprint density at radius 3 is 2.38 bits per heavy atom. The molecule has 0 unspecified atom stereocenters. The summed E-state index contributed by atoms with van der Waals surface area (Å²) in [5.41, 5.74) is 1.28. The first-order valence-corrected chi connectivity index (χ1v) is 10.4. The summed E-state index contributed by atoms with van der Waals surface area (Å²) in [6, 6.07) is 15.3. The quantitative estimate of drug-likeness (QED) is 0.761. The molecule has 0 bridgehead atoms. The first-order valence-electron chi connectivity index (χ1n) is 10.4. The minimum Gasteiger partial charge on any atom is -0.352 e. The topological polar surface area (TPSA) is 49.4 Å². The van der Waals surface area contributed by atoms with Gasteiger partial charge in [0.2, 0.25) is 11.8 Å². The number of nitrogens with one attached hydrogen (secondary N) is 1. The van der Waals surface area contributed by atoms with E-state index in [9.17, 15) is 14.0 Å².